The number of aryl methyl sites for hydroxylation is 2. The normalized spacial score (nSPS) is 10.7. The van der Waals surface area contributed by atoms with Crippen LogP contribution in [0.3, 0.4) is 0 Å². The van der Waals surface area contributed by atoms with Crippen LogP contribution < -0.4 is 10.7 Å². The molecule has 0 aliphatic carbocycles. The quantitative estimate of drug-likeness (QED) is 0.791. The zero-order chi connectivity index (χ0) is 16.6. The van der Waals surface area contributed by atoms with E-state index in [0.717, 1.165) is 11.6 Å². The Kier molecular flexibility index (Phi) is 3.65. The van der Waals surface area contributed by atoms with Gasteiger partial charge in [0.15, 0.2) is 0 Å². The Labute approximate surface area is 131 Å². The number of halogens is 1. The Morgan fingerprint density at radius 1 is 1.26 bits per heavy atom. The number of amides is 1. The second kappa shape index (κ2) is 5.64. The molecule has 0 fully saturated rings. The summed E-state index contributed by atoms with van der Waals surface area (Å²) < 4.78 is 15.0. The number of hydrogen-bond donors (Lipinski definition) is 1. The van der Waals surface area contributed by atoms with Crippen molar-refractivity contribution in [3.63, 3.8) is 0 Å². The number of fused-ring (bicyclic) bond motifs is 1. The maximum atomic E-state index is 13.4. The summed E-state index contributed by atoms with van der Waals surface area (Å²) in [5.74, 6) is -0.748. The highest BCUT2D eigenvalue weighted by Crippen LogP contribution is 2.13. The number of nitrogens with zero attached hydrogens (tertiary/aromatic N) is 2. The van der Waals surface area contributed by atoms with Crippen LogP contribution in [0.25, 0.3) is 10.9 Å². The van der Waals surface area contributed by atoms with E-state index in [0.29, 0.717) is 11.3 Å². The number of anilines is 1. The van der Waals surface area contributed by atoms with Crippen LogP contribution in [0.1, 0.15) is 15.9 Å². The van der Waals surface area contributed by atoms with E-state index in [1.807, 2.05) is 6.92 Å². The molecule has 116 valence electrons. The number of nitrogens with one attached hydrogen (secondary N) is 1. The molecule has 2 aromatic heterocycles. The molecule has 3 rings (SSSR count). The van der Waals surface area contributed by atoms with Gasteiger partial charge in [-0.2, -0.15) is 0 Å². The molecule has 0 aliphatic heterocycles. The van der Waals surface area contributed by atoms with E-state index in [9.17, 15) is 14.0 Å². The highest BCUT2D eigenvalue weighted by molar-refractivity contribution is 6.05. The van der Waals surface area contributed by atoms with Crippen molar-refractivity contribution in [1.82, 2.24) is 9.55 Å². The van der Waals surface area contributed by atoms with Gasteiger partial charge in [-0.1, -0.05) is 6.07 Å². The molecule has 2 heterocycles. The summed E-state index contributed by atoms with van der Waals surface area (Å²) >= 11 is 0. The molecular formula is C17H14FN3O2. The van der Waals surface area contributed by atoms with Gasteiger partial charge in [0.25, 0.3) is 5.91 Å². The average Bonchev–Trinajstić information content (AvgIpc) is 2.53. The molecule has 0 spiro atoms. The number of pyridine rings is 2. The molecule has 0 saturated carbocycles. The van der Waals surface area contributed by atoms with E-state index in [2.05, 4.69) is 10.3 Å². The monoisotopic (exact) mass is 311 g/mol. The number of benzene rings is 1. The van der Waals surface area contributed by atoms with E-state index in [1.165, 1.54) is 18.3 Å². The van der Waals surface area contributed by atoms with E-state index >= 15 is 0 Å². The van der Waals surface area contributed by atoms with E-state index in [1.54, 1.807) is 29.9 Å². The molecule has 3 aromatic rings. The summed E-state index contributed by atoms with van der Waals surface area (Å²) in [4.78, 5) is 28.9. The molecule has 0 unspecified atom stereocenters. The van der Waals surface area contributed by atoms with Gasteiger partial charge in [0.2, 0.25) is 5.43 Å². The Bertz CT molecular complexity index is 962. The summed E-state index contributed by atoms with van der Waals surface area (Å²) in [6.07, 6.45) is 3.05. The third-order valence-corrected chi connectivity index (χ3v) is 3.55. The molecule has 6 heteroatoms. The van der Waals surface area contributed by atoms with Gasteiger partial charge < -0.3 is 9.88 Å². The zero-order valence-corrected chi connectivity index (χ0v) is 12.6. The standard InChI is InChI=1S/C17H14FN3O2/c1-10-3-6-15(19-8-10)20-17(23)13-9-21(2)14-5-4-11(18)7-12(14)16(13)22/h3-9H,1-2H3,(H,19,20,23). The lowest BCUT2D eigenvalue weighted by atomic mass is 10.1. The first-order chi connectivity index (χ1) is 11.0. The maximum Gasteiger partial charge on any atom is 0.262 e. The number of carbonyl (C=O) groups is 1. The van der Waals surface area contributed by atoms with Crippen molar-refractivity contribution in [2.24, 2.45) is 7.05 Å². The van der Waals surface area contributed by atoms with E-state index < -0.39 is 17.2 Å². The van der Waals surface area contributed by atoms with Crippen molar-refractivity contribution in [3.05, 3.63) is 69.9 Å². The van der Waals surface area contributed by atoms with Gasteiger partial charge in [-0.05, 0) is 36.8 Å². The Balaban J connectivity index is 2.05. The van der Waals surface area contributed by atoms with Gasteiger partial charge in [-0.3, -0.25) is 9.59 Å². The van der Waals surface area contributed by atoms with Crippen LogP contribution in [0.15, 0.2) is 47.5 Å². The first kappa shape index (κ1) is 14.9. The van der Waals surface area contributed by atoms with Crippen LogP contribution in [-0.2, 0) is 7.05 Å². The summed E-state index contributed by atoms with van der Waals surface area (Å²) in [6, 6.07) is 7.38. The number of hydrogen-bond acceptors (Lipinski definition) is 3. The third kappa shape index (κ3) is 2.83. The van der Waals surface area contributed by atoms with Crippen molar-refractivity contribution in [3.8, 4) is 0 Å². The van der Waals surface area contributed by atoms with Crippen LogP contribution in [0.5, 0.6) is 0 Å². The van der Waals surface area contributed by atoms with E-state index in [4.69, 9.17) is 0 Å². The molecule has 1 N–H and O–H groups in total. The lowest BCUT2D eigenvalue weighted by Crippen LogP contribution is -2.23. The number of rotatable bonds is 2. The summed E-state index contributed by atoms with van der Waals surface area (Å²) in [5, 5.41) is 2.74. The van der Waals surface area contributed by atoms with Crippen molar-refractivity contribution in [2.75, 3.05) is 5.32 Å². The SMILES string of the molecule is Cc1ccc(NC(=O)c2cn(C)c3ccc(F)cc3c2=O)nc1. The molecule has 1 amide bonds. The van der Waals surface area contributed by atoms with Crippen LogP contribution in [0, 0.1) is 12.7 Å². The van der Waals surface area contributed by atoms with E-state index in [-0.39, 0.29) is 10.9 Å². The van der Waals surface area contributed by atoms with Crippen LogP contribution >= 0.6 is 0 Å². The summed E-state index contributed by atoms with van der Waals surface area (Å²) in [5.41, 5.74) is 0.941. The minimum absolute atomic E-state index is 0.0621. The van der Waals surface area contributed by atoms with Gasteiger partial charge in [0, 0.05) is 24.8 Å². The zero-order valence-electron chi connectivity index (χ0n) is 12.6. The Morgan fingerprint density at radius 3 is 2.74 bits per heavy atom. The van der Waals surface area contributed by atoms with Crippen LogP contribution in [0.2, 0.25) is 0 Å². The maximum absolute atomic E-state index is 13.4. The average molecular weight is 311 g/mol. The minimum atomic E-state index is -0.576. The molecule has 0 atom stereocenters. The van der Waals surface area contributed by atoms with Gasteiger partial charge in [0.1, 0.15) is 17.2 Å². The fourth-order valence-corrected chi connectivity index (χ4v) is 2.35. The molecule has 0 radical (unpaired) electrons. The molecule has 0 bridgehead atoms. The number of aromatic nitrogens is 2. The second-order valence-corrected chi connectivity index (χ2v) is 5.32. The Hall–Kier alpha value is -3.02. The largest absolute Gasteiger partial charge is 0.350 e. The fourth-order valence-electron chi connectivity index (χ4n) is 2.35. The molecule has 5 nitrogen and oxygen atoms in total. The summed E-state index contributed by atoms with van der Waals surface area (Å²) in [6.45, 7) is 1.88. The lowest BCUT2D eigenvalue weighted by molar-refractivity contribution is 0.102. The van der Waals surface area contributed by atoms with Gasteiger partial charge in [-0.15, -0.1) is 0 Å². The highest BCUT2D eigenvalue weighted by atomic mass is 19.1. The number of carbonyl (C=O) groups excluding carboxylic acids is 1. The molecule has 0 aliphatic rings. The fraction of sp³-hybridized carbons (Fsp3) is 0.118. The predicted molar refractivity (Wildman–Crippen MR) is 86.1 cm³/mol. The Morgan fingerprint density at radius 2 is 2.04 bits per heavy atom. The highest BCUT2D eigenvalue weighted by Gasteiger charge is 2.15. The smallest absolute Gasteiger partial charge is 0.262 e. The van der Waals surface area contributed by atoms with Crippen molar-refractivity contribution < 1.29 is 9.18 Å². The molecule has 0 saturated heterocycles. The first-order valence-corrected chi connectivity index (χ1v) is 6.98. The van der Waals surface area contributed by atoms with Gasteiger partial charge in [0.05, 0.1) is 5.52 Å². The lowest BCUT2D eigenvalue weighted by Gasteiger charge is -2.09. The molecule has 23 heavy (non-hydrogen) atoms. The van der Waals surface area contributed by atoms with Gasteiger partial charge >= 0.3 is 0 Å². The van der Waals surface area contributed by atoms with Gasteiger partial charge in [-0.25, -0.2) is 9.37 Å². The molecular weight excluding hydrogens is 297 g/mol. The topological polar surface area (TPSA) is 64.0 Å². The van der Waals surface area contributed by atoms with Crippen molar-refractivity contribution in [2.45, 2.75) is 6.92 Å². The van der Waals surface area contributed by atoms with Crippen LogP contribution in [0.4, 0.5) is 10.2 Å². The first-order valence-electron chi connectivity index (χ1n) is 6.98. The summed E-state index contributed by atoms with van der Waals surface area (Å²) in [7, 11) is 1.70. The van der Waals surface area contributed by atoms with Crippen molar-refractivity contribution >= 4 is 22.6 Å². The van der Waals surface area contributed by atoms with Crippen molar-refractivity contribution in [1.29, 1.82) is 0 Å². The van der Waals surface area contributed by atoms with Crippen LogP contribution in [-0.4, -0.2) is 15.5 Å². The predicted octanol–water partition coefficient (Wildman–Crippen LogP) is 2.63. The third-order valence-electron chi connectivity index (χ3n) is 3.55. The second-order valence-electron chi connectivity index (χ2n) is 5.32. The molecule has 1 aromatic carbocycles. The minimum Gasteiger partial charge on any atom is -0.350 e.